The highest BCUT2D eigenvalue weighted by Crippen LogP contribution is 2.39. The van der Waals surface area contributed by atoms with Crippen molar-refractivity contribution >= 4 is 58.0 Å². The molecule has 0 unspecified atom stereocenters. The molecule has 0 atom stereocenters. The van der Waals surface area contributed by atoms with Crippen LogP contribution >= 0.6 is 0 Å². The van der Waals surface area contributed by atoms with Crippen LogP contribution in [0.2, 0.25) is 0 Å². The summed E-state index contributed by atoms with van der Waals surface area (Å²) in [5.74, 6) is 0. The summed E-state index contributed by atoms with van der Waals surface area (Å²) in [5, 5.41) is 18.3. The van der Waals surface area contributed by atoms with E-state index in [-0.39, 0.29) is 0 Å². The van der Waals surface area contributed by atoms with E-state index in [1.54, 1.807) is 0 Å². The van der Waals surface area contributed by atoms with Crippen molar-refractivity contribution in [3.8, 4) is 0 Å². The number of hydrogen-bond acceptors (Lipinski definition) is 10. The van der Waals surface area contributed by atoms with Gasteiger partial charge in [0.15, 0.2) is 0 Å². The van der Waals surface area contributed by atoms with Crippen LogP contribution in [0.15, 0.2) is 21.4 Å². The van der Waals surface area contributed by atoms with E-state index in [1.807, 2.05) is 67.5 Å². The molecule has 0 N–H and O–H groups in total. The number of aromatic nitrogens is 4. The average Bonchev–Trinajstić information content (AvgIpc) is 3.46. The van der Waals surface area contributed by atoms with E-state index >= 15 is 0 Å². The molecule has 2 aromatic carbocycles. The first-order valence-corrected chi connectivity index (χ1v) is 11.4. The summed E-state index contributed by atoms with van der Waals surface area (Å²) >= 11 is 0. The molecule has 4 heterocycles. The Morgan fingerprint density at radius 2 is 0.794 bits per heavy atom. The molecule has 176 valence electrons. The molecule has 12 heteroatoms. The Balaban J connectivity index is 1.57. The van der Waals surface area contributed by atoms with E-state index < -0.39 is 36.6 Å². The maximum absolute atomic E-state index is 6.29. The standard InChI is InChI=1S/C22H26B2N4O6/c1-19(2)20(3,4)30-23(29-19)13-9-11-12(15-17(13)27-33-25-15)10-14(18-16(11)26-34-28-18)24-31-21(5,6)22(7,8)32-24/h9-10H,1-8H3. The maximum atomic E-state index is 6.29. The quantitative estimate of drug-likeness (QED) is 0.410. The molecule has 0 saturated carbocycles. The molecule has 10 nitrogen and oxygen atoms in total. The summed E-state index contributed by atoms with van der Waals surface area (Å²) in [7, 11) is -1.30. The van der Waals surface area contributed by atoms with Crippen molar-refractivity contribution in [1.82, 2.24) is 20.6 Å². The molecule has 0 aliphatic carbocycles. The largest absolute Gasteiger partial charge is 0.497 e. The van der Waals surface area contributed by atoms with Gasteiger partial charge in [0.1, 0.15) is 22.1 Å². The number of benzene rings is 2. The van der Waals surface area contributed by atoms with Gasteiger partial charge in [-0.15, -0.1) is 0 Å². The van der Waals surface area contributed by atoms with Crippen LogP contribution in [-0.2, 0) is 18.6 Å². The smallest absolute Gasteiger partial charge is 0.399 e. The molecule has 0 spiro atoms. The van der Waals surface area contributed by atoms with Gasteiger partial charge in [-0.05, 0) is 77.8 Å². The Kier molecular flexibility index (Phi) is 4.24. The van der Waals surface area contributed by atoms with Gasteiger partial charge in [0.25, 0.3) is 0 Å². The van der Waals surface area contributed by atoms with Gasteiger partial charge in [-0.25, -0.2) is 9.26 Å². The van der Waals surface area contributed by atoms with E-state index in [0.717, 1.165) is 10.8 Å². The van der Waals surface area contributed by atoms with Gasteiger partial charge in [0.2, 0.25) is 0 Å². The number of rotatable bonds is 2. The summed E-state index contributed by atoms with van der Waals surface area (Å²) < 4.78 is 35.5. The number of nitrogens with zero attached hydrogens (tertiary/aromatic N) is 4. The van der Waals surface area contributed by atoms with Gasteiger partial charge >= 0.3 is 14.2 Å². The van der Waals surface area contributed by atoms with Crippen molar-refractivity contribution in [1.29, 1.82) is 0 Å². The summed E-state index contributed by atoms with van der Waals surface area (Å²) in [4.78, 5) is 0. The van der Waals surface area contributed by atoms with Gasteiger partial charge in [-0.2, -0.15) is 0 Å². The molecule has 2 fully saturated rings. The molecule has 2 aliphatic rings. The van der Waals surface area contributed by atoms with Gasteiger partial charge in [-0.3, -0.25) is 0 Å². The average molecular weight is 464 g/mol. The zero-order chi connectivity index (χ0) is 24.3. The third-order valence-corrected chi connectivity index (χ3v) is 7.94. The predicted molar refractivity (Wildman–Crippen MR) is 126 cm³/mol. The summed E-state index contributed by atoms with van der Waals surface area (Å²) in [6.45, 7) is 16.0. The molecule has 6 rings (SSSR count). The Morgan fingerprint density at radius 1 is 0.500 bits per heavy atom. The molecule has 0 bridgehead atoms. The number of fused-ring (bicyclic) bond motifs is 5. The second kappa shape index (κ2) is 6.57. The minimum absolute atomic E-state index is 0.512. The zero-order valence-corrected chi connectivity index (χ0v) is 20.5. The molecule has 34 heavy (non-hydrogen) atoms. The highest BCUT2D eigenvalue weighted by atomic mass is 16.7. The Bertz CT molecular complexity index is 1320. The fraction of sp³-hybridized carbons (Fsp3) is 0.545. The molecular formula is C22H26B2N4O6. The SMILES string of the molecule is CC1(C)OB(c2cc3c(cc(B4OC(C)(C)C(C)(C)O4)c4nonc43)c3nonc23)OC1(C)C. The molecule has 2 aromatic heterocycles. The Labute approximate surface area is 196 Å². The zero-order valence-electron chi connectivity index (χ0n) is 20.5. The van der Waals surface area contributed by atoms with Gasteiger partial charge in [0.05, 0.1) is 22.4 Å². The predicted octanol–water partition coefficient (Wildman–Crippen LogP) is 2.51. The van der Waals surface area contributed by atoms with Crippen molar-refractivity contribution in [3.05, 3.63) is 12.1 Å². The van der Waals surface area contributed by atoms with Crippen LogP contribution in [0.3, 0.4) is 0 Å². The first-order valence-electron chi connectivity index (χ1n) is 11.4. The number of hydrogen-bond donors (Lipinski definition) is 0. The third kappa shape index (κ3) is 2.85. The minimum Gasteiger partial charge on any atom is -0.399 e. The van der Waals surface area contributed by atoms with Crippen molar-refractivity contribution < 1.29 is 27.9 Å². The van der Waals surface area contributed by atoms with Crippen molar-refractivity contribution in [3.63, 3.8) is 0 Å². The van der Waals surface area contributed by atoms with E-state index in [2.05, 4.69) is 20.6 Å². The van der Waals surface area contributed by atoms with Crippen LogP contribution in [0.5, 0.6) is 0 Å². The molecule has 0 radical (unpaired) electrons. The van der Waals surface area contributed by atoms with Crippen LogP contribution in [0.1, 0.15) is 55.4 Å². The highest BCUT2D eigenvalue weighted by molar-refractivity contribution is 6.67. The molecular weight excluding hydrogens is 438 g/mol. The summed E-state index contributed by atoms with van der Waals surface area (Å²) in [5.41, 5.74) is 1.59. The van der Waals surface area contributed by atoms with Crippen LogP contribution in [0, 0.1) is 0 Å². The first-order chi connectivity index (χ1) is 15.8. The Morgan fingerprint density at radius 3 is 1.12 bits per heavy atom. The van der Waals surface area contributed by atoms with Crippen LogP contribution in [0.25, 0.3) is 32.8 Å². The lowest BCUT2D eigenvalue weighted by molar-refractivity contribution is 0.00578. The Hall–Kier alpha value is -2.53. The first kappa shape index (κ1) is 22.0. The fourth-order valence-corrected chi connectivity index (χ4v) is 4.40. The van der Waals surface area contributed by atoms with Gasteiger partial charge in [0, 0.05) is 21.7 Å². The lowest BCUT2D eigenvalue weighted by atomic mass is 9.74. The van der Waals surface area contributed by atoms with E-state index in [1.165, 1.54) is 0 Å². The van der Waals surface area contributed by atoms with Crippen molar-refractivity contribution in [2.45, 2.75) is 77.8 Å². The van der Waals surface area contributed by atoms with Crippen molar-refractivity contribution in [2.75, 3.05) is 0 Å². The van der Waals surface area contributed by atoms with E-state index in [4.69, 9.17) is 27.9 Å². The van der Waals surface area contributed by atoms with E-state index in [9.17, 15) is 0 Å². The molecule has 0 amide bonds. The summed E-state index contributed by atoms with van der Waals surface area (Å²) in [6, 6.07) is 3.87. The third-order valence-electron chi connectivity index (χ3n) is 7.94. The topological polar surface area (TPSA) is 115 Å². The van der Waals surface area contributed by atoms with Gasteiger partial charge in [-0.1, -0.05) is 10.3 Å². The van der Waals surface area contributed by atoms with Gasteiger partial charge < -0.3 is 18.6 Å². The minimum atomic E-state index is -0.651. The second-order valence-electron chi connectivity index (χ2n) is 11.1. The lowest BCUT2D eigenvalue weighted by Gasteiger charge is -2.32. The molecule has 2 saturated heterocycles. The summed E-state index contributed by atoms with van der Waals surface area (Å²) in [6.07, 6.45) is 0. The highest BCUT2D eigenvalue weighted by Gasteiger charge is 2.54. The maximum Gasteiger partial charge on any atom is 0.497 e. The monoisotopic (exact) mass is 464 g/mol. The fourth-order valence-electron chi connectivity index (χ4n) is 4.40. The van der Waals surface area contributed by atoms with Crippen LogP contribution in [-0.4, -0.2) is 57.3 Å². The van der Waals surface area contributed by atoms with Crippen LogP contribution in [0.4, 0.5) is 0 Å². The lowest BCUT2D eigenvalue weighted by Crippen LogP contribution is -2.41. The molecule has 4 aromatic rings. The van der Waals surface area contributed by atoms with Crippen molar-refractivity contribution in [2.24, 2.45) is 0 Å². The normalized spacial score (nSPS) is 23.1. The van der Waals surface area contributed by atoms with E-state index in [0.29, 0.717) is 33.0 Å². The van der Waals surface area contributed by atoms with Crippen LogP contribution < -0.4 is 10.9 Å². The molecule has 2 aliphatic heterocycles. The second-order valence-corrected chi connectivity index (χ2v) is 11.1.